The van der Waals surface area contributed by atoms with E-state index in [2.05, 4.69) is 20.5 Å². The van der Waals surface area contributed by atoms with Gasteiger partial charge < -0.3 is 14.1 Å². The third-order valence-corrected chi connectivity index (χ3v) is 4.70. The first kappa shape index (κ1) is 17.1. The van der Waals surface area contributed by atoms with Crippen molar-refractivity contribution in [2.45, 2.75) is 0 Å². The number of para-hydroxylation sites is 3. The van der Waals surface area contributed by atoms with Crippen LogP contribution in [0.3, 0.4) is 0 Å². The van der Waals surface area contributed by atoms with E-state index in [-0.39, 0.29) is 0 Å². The molecular formula is C23H18N4O2. The third kappa shape index (κ3) is 3.32. The van der Waals surface area contributed by atoms with Crippen LogP contribution < -0.4 is 15.5 Å². The second-order valence-electron chi connectivity index (χ2n) is 6.55. The number of aromatic amines is 1. The SMILES string of the molecule is COc1ccc(-c2c/c(=N/Nc3nc4ccccc4[nH]3)c3ccccc3o2)cc1. The summed E-state index contributed by atoms with van der Waals surface area (Å²) in [6, 6.07) is 25.3. The fourth-order valence-corrected chi connectivity index (χ4v) is 3.23. The average Bonchev–Trinajstić information content (AvgIpc) is 3.20. The molecule has 5 rings (SSSR count). The number of fused-ring (bicyclic) bond motifs is 2. The Kier molecular flexibility index (Phi) is 4.22. The quantitative estimate of drug-likeness (QED) is 0.433. The predicted octanol–water partition coefficient (Wildman–Crippen LogP) is 4.91. The van der Waals surface area contributed by atoms with Crippen molar-refractivity contribution >= 4 is 28.0 Å². The summed E-state index contributed by atoms with van der Waals surface area (Å²) in [6.45, 7) is 0. The summed E-state index contributed by atoms with van der Waals surface area (Å²) in [7, 11) is 1.65. The topological polar surface area (TPSA) is 75.4 Å². The highest BCUT2D eigenvalue weighted by Gasteiger charge is 2.07. The van der Waals surface area contributed by atoms with E-state index >= 15 is 0 Å². The molecule has 0 unspecified atom stereocenters. The molecule has 6 heteroatoms. The van der Waals surface area contributed by atoms with Crippen molar-refractivity contribution in [3.8, 4) is 17.1 Å². The Labute approximate surface area is 166 Å². The van der Waals surface area contributed by atoms with Crippen LogP contribution in [-0.2, 0) is 0 Å². The van der Waals surface area contributed by atoms with Crippen molar-refractivity contribution in [1.82, 2.24) is 9.97 Å². The smallest absolute Gasteiger partial charge is 0.222 e. The number of benzene rings is 3. The van der Waals surface area contributed by atoms with Gasteiger partial charge >= 0.3 is 0 Å². The molecule has 6 nitrogen and oxygen atoms in total. The number of aromatic nitrogens is 2. The standard InChI is InChI=1S/C23H18N4O2/c1-28-16-12-10-15(11-13-16)22-14-20(17-6-2-5-9-21(17)29-22)26-27-23-24-18-7-3-4-8-19(18)25-23/h2-14H,1H3,(H2,24,25,27)/b26-20-. The van der Waals surface area contributed by atoms with Gasteiger partial charge in [-0.15, -0.1) is 0 Å². The Morgan fingerprint density at radius 1 is 0.966 bits per heavy atom. The third-order valence-electron chi connectivity index (χ3n) is 4.70. The van der Waals surface area contributed by atoms with Crippen LogP contribution in [0.4, 0.5) is 5.95 Å². The zero-order valence-electron chi connectivity index (χ0n) is 15.7. The molecule has 142 valence electrons. The average molecular weight is 382 g/mol. The molecular weight excluding hydrogens is 364 g/mol. The number of hydrogen-bond acceptors (Lipinski definition) is 5. The van der Waals surface area contributed by atoms with Crippen molar-refractivity contribution in [3.63, 3.8) is 0 Å². The molecule has 0 fully saturated rings. The molecule has 0 atom stereocenters. The minimum absolute atomic E-state index is 0.585. The van der Waals surface area contributed by atoms with Gasteiger partial charge in [0.15, 0.2) is 0 Å². The number of rotatable bonds is 4. The Morgan fingerprint density at radius 3 is 2.59 bits per heavy atom. The minimum atomic E-state index is 0.585. The summed E-state index contributed by atoms with van der Waals surface area (Å²) < 4.78 is 11.4. The van der Waals surface area contributed by atoms with Crippen molar-refractivity contribution in [2.24, 2.45) is 5.10 Å². The number of ether oxygens (including phenoxy) is 1. The highest BCUT2D eigenvalue weighted by Crippen LogP contribution is 2.24. The van der Waals surface area contributed by atoms with Gasteiger partial charge in [-0.1, -0.05) is 24.3 Å². The van der Waals surface area contributed by atoms with E-state index < -0.39 is 0 Å². The molecule has 0 radical (unpaired) electrons. The van der Waals surface area contributed by atoms with Gasteiger partial charge in [0.1, 0.15) is 17.1 Å². The summed E-state index contributed by atoms with van der Waals surface area (Å²) in [5.74, 6) is 2.10. The summed E-state index contributed by atoms with van der Waals surface area (Å²) >= 11 is 0. The minimum Gasteiger partial charge on any atom is -0.497 e. The molecule has 0 saturated carbocycles. The van der Waals surface area contributed by atoms with Crippen molar-refractivity contribution in [1.29, 1.82) is 0 Å². The highest BCUT2D eigenvalue weighted by molar-refractivity contribution is 5.79. The van der Waals surface area contributed by atoms with Gasteiger partial charge in [-0.25, -0.2) is 10.4 Å². The molecule has 2 heterocycles. The van der Waals surface area contributed by atoms with Gasteiger partial charge in [0.05, 0.1) is 23.5 Å². The van der Waals surface area contributed by atoms with Crippen molar-refractivity contribution in [3.05, 3.63) is 84.2 Å². The lowest BCUT2D eigenvalue weighted by Gasteiger charge is -2.06. The molecule has 0 saturated heterocycles. The summed E-state index contributed by atoms with van der Waals surface area (Å²) in [5, 5.41) is 6.26. The molecule has 0 spiro atoms. The molecule has 0 aliphatic carbocycles. The number of hydrogen-bond donors (Lipinski definition) is 2. The second kappa shape index (κ2) is 7.16. The van der Waals surface area contributed by atoms with Crippen LogP contribution in [0.5, 0.6) is 5.75 Å². The van der Waals surface area contributed by atoms with Gasteiger partial charge in [0.25, 0.3) is 0 Å². The van der Waals surface area contributed by atoms with Crippen LogP contribution in [0.2, 0.25) is 0 Å². The molecule has 0 aliphatic rings. The van der Waals surface area contributed by atoms with Gasteiger partial charge in [0, 0.05) is 17.0 Å². The molecule has 0 aliphatic heterocycles. The van der Waals surface area contributed by atoms with Gasteiger partial charge in [-0.2, -0.15) is 5.10 Å². The number of nitrogens with one attached hydrogen (secondary N) is 2. The van der Waals surface area contributed by atoms with Gasteiger partial charge in [-0.3, -0.25) is 0 Å². The second-order valence-corrected chi connectivity index (χ2v) is 6.55. The summed E-state index contributed by atoms with van der Waals surface area (Å²) in [5.41, 5.74) is 6.57. The first-order valence-corrected chi connectivity index (χ1v) is 9.22. The summed E-state index contributed by atoms with van der Waals surface area (Å²) in [4.78, 5) is 7.73. The van der Waals surface area contributed by atoms with Crippen molar-refractivity contribution < 1.29 is 9.15 Å². The van der Waals surface area contributed by atoms with E-state index in [1.54, 1.807) is 7.11 Å². The van der Waals surface area contributed by atoms with Gasteiger partial charge in [0.2, 0.25) is 5.95 Å². The number of H-pyrrole nitrogens is 1. The molecule has 0 amide bonds. The largest absolute Gasteiger partial charge is 0.497 e. The maximum atomic E-state index is 6.11. The van der Waals surface area contributed by atoms with E-state index in [0.29, 0.717) is 5.95 Å². The number of imidazole rings is 1. The Hall–Kier alpha value is -4.06. The molecule has 2 N–H and O–H groups in total. The predicted molar refractivity (Wildman–Crippen MR) is 113 cm³/mol. The molecule has 5 aromatic rings. The molecule has 2 aromatic heterocycles. The van der Waals surface area contributed by atoms with E-state index in [4.69, 9.17) is 9.15 Å². The molecule has 3 aromatic carbocycles. The lowest BCUT2D eigenvalue weighted by Crippen LogP contribution is -2.07. The molecule has 29 heavy (non-hydrogen) atoms. The van der Waals surface area contributed by atoms with Crippen LogP contribution in [0, 0.1) is 0 Å². The van der Waals surface area contributed by atoms with Crippen LogP contribution in [0.25, 0.3) is 33.3 Å². The highest BCUT2D eigenvalue weighted by atomic mass is 16.5. The van der Waals surface area contributed by atoms with Crippen molar-refractivity contribution in [2.75, 3.05) is 12.5 Å². The molecule has 0 bridgehead atoms. The van der Waals surface area contributed by atoms with Crippen LogP contribution >= 0.6 is 0 Å². The number of methoxy groups -OCH3 is 1. The first-order valence-electron chi connectivity index (χ1n) is 9.22. The Bertz CT molecular complexity index is 1330. The first-order chi connectivity index (χ1) is 14.3. The Morgan fingerprint density at radius 2 is 1.76 bits per heavy atom. The number of anilines is 1. The maximum absolute atomic E-state index is 6.11. The Balaban J connectivity index is 1.60. The lowest BCUT2D eigenvalue weighted by molar-refractivity contribution is 0.415. The monoisotopic (exact) mass is 382 g/mol. The van der Waals surface area contributed by atoms with Crippen LogP contribution in [0.1, 0.15) is 0 Å². The summed E-state index contributed by atoms with van der Waals surface area (Å²) in [6.07, 6.45) is 0. The number of nitrogens with zero attached hydrogens (tertiary/aromatic N) is 2. The maximum Gasteiger partial charge on any atom is 0.222 e. The normalized spacial score (nSPS) is 11.8. The lowest BCUT2D eigenvalue weighted by atomic mass is 10.1. The van der Waals surface area contributed by atoms with Crippen LogP contribution in [-0.4, -0.2) is 17.1 Å². The van der Waals surface area contributed by atoms with E-state index in [0.717, 1.165) is 44.4 Å². The van der Waals surface area contributed by atoms with Crippen LogP contribution in [0.15, 0.2) is 88.4 Å². The zero-order valence-corrected chi connectivity index (χ0v) is 15.7. The van der Waals surface area contributed by atoms with E-state index in [1.165, 1.54) is 0 Å². The fraction of sp³-hybridized carbons (Fsp3) is 0.0435. The fourth-order valence-electron chi connectivity index (χ4n) is 3.23. The zero-order chi connectivity index (χ0) is 19.6. The van der Waals surface area contributed by atoms with E-state index in [9.17, 15) is 0 Å². The van der Waals surface area contributed by atoms with Gasteiger partial charge in [-0.05, 0) is 48.5 Å². The van der Waals surface area contributed by atoms with E-state index in [1.807, 2.05) is 78.9 Å².